The van der Waals surface area contributed by atoms with Crippen molar-refractivity contribution in [1.82, 2.24) is 0 Å². The van der Waals surface area contributed by atoms with Crippen LogP contribution in [0.1, 0.15) is 0 Å². The summed E-state index contributed by atoms with van der Waals surface area (Å²) in [6.07, 6.45) is 1.76. The molecule has 0 aliphatic rings. The van der Waals surface area contributed by atoms with Gasteiger partial charge in [-0.25, -0.2) is 4.39 Å². The van der Waals surface area contributed by atoms with Crippen molar-refractivity contribution < 1.29 is 8.96 Å². The Balaban J connectivity index is 2.95. The molecule has 72 valence electrons. The number of anilines is 2. The molecule has 0 unspecified atom stereocenters. The molecule has 1 aromatic heterocycles. The minimum atomic E-state index is -0.414. The van der Waals surface area contributed by atoms with Crippen molar-refractivity contribution in [3.8, 4) is 0 Å². The molecule has 0 spiro atoms. The summed E-state index contributed by atoms with van der Waals surface area (Å²) >= 11 is 0. The third-order valence-corrected chi connectivity index (χ3v) is 2.24. The standard InChI is InChI=1S/C10H10FN3/c1-14-5-6(12)4-7-9(14)3-2-8(11)10(7)13/h2-5,13H,12H2,1H3/p+1. The number of hydrogen-bond acceptors (Lipinski definition) is 2. The van der Waals surface area contributed by atoms with E-state index in [4.69, 9.17) is 11.5 Å². The number of aromatic nitrogens is 1. The average Bonchev–Trinajstić information content (AvgIpc) is 2.12. The quantitative estimate of drug-likeness (QED) is 0.482. The van der Waals surface area contributed by atoms with Crippen LogP contribution >= 0.6 is 0 Å². The summed E-state index contributed by atoms with van der Waals surface area (Å²) in [6, 6.07) is 4.71. The van der Waals surface area contributed by atoms with Gasteiger partial charge < -0.3 is 11.5 Å². The minimum absolute atomic E-state index is 0.144. The number of halogens is 1. The fourth-order valence-corrected chi connectivity index (χ4v) is 1.55. The van der Waals surface area contributed by atoms with Crippen LogP contribution in [0.3, 0.4) is 0 Å². The maximum atomic E-state index is 13.1. The number of nitrogens with zero attached hydrogens (tertiary/aromatic N) is 1. The molecule has 0 amide bonds. The van der Waals surface area contributed by atoms with E-state index >= 15 is 0 Å². The lowest BCUT2D eigenvalue weighted by atomic mass is 10.1. The van der Waals surface area contributed by atoms with Gasteiger partial charge in [0.25, 0.3) is 0 Å². The summed E-state index contributed by atoms with van der Waals surface area (Å²) in [4.78, 5) is 0. The van der Waals surface area contributed by atoms with Crippen LogP contribution in [0.25, 0.3) is 10.9 Å². The van der Waals surface area contributed by atoms with Crippen LogP contribution in [0.5, 0.6) is 0 Å². The third-order valence-electron chi connectivity index (χ3n) is 2.24. The summed E-state index contributed by atoms with van der Waals surface area (Å²) in [5, 5.41) is 0.646. The zero-order valence-corrected chi connectivity index (χ0v) is 7.79. The molecule has 2 aromatic rings. The van der Waals surface area contributed by atoms with Gasteiger partial charge in [0.15, 0.2) is 6.20 Å². The summed E-state index contributed by atoms with van der Waals surface area (Å²) in [7, 11) is 1.84. The van der Waals surface area contributed by atoms with E-state index in [2.05, 4.69) is 0 Å². The number of nitrogen functional groups attached to an aromatic ring is 2. The minimum Gasteiger partial charge on any atom is -0.396 e. The van der Waals surface area contributed by atoms with Crippen molar-refractivity contribution in [3.63, 3.8) is 0 Å². The van der Waals surface area contributed by atoms with Crippen LogP contribution in [0, 0.1) is 5.82 Å². The molecular weight excluding hydrogens is 181 g/mol. The van der Waals surface area contributed by atoms with Crippen LogP contribution in [0.15, 0.2) is 24.4 Å². The Morgan fingerprint density at radius 2 is 2.00 bits per heavy atom. The second-order valence-corrected chi connectivity index (χ2v) is 3.28. The summed E-state index contributed by atoms with van der Waals surface area (Å²) in [5.41, 5.74) is 12.8. The van der Waals surface area contributed by atoms with Gasteiger partial charge in [-0.3, -0.25) is 0 Å². The highest BCUT2D eigenvalue weighted by atomic mass is 19.1. The molecule has 1 heterocycles. The van der Waals surface area contributed by atoms with E-state index in [1.807, 2.05) is 11.6 Å². The Morgan fingerprint density at radius 1 is 1.29 bits per heavy atom. The lowest BCUT2D eigenvalue weighted by Crippen LogP contribution is -2.29. The van der Waals surface area contributed by atoms with Crippen LogP contribution in [-0.4, -0.2) is 0 Å². The molecule has 0 saturated carbocycles. The molecule has 4 heteroatoms. The van der Waals surface area contributed by atoms with Crippen LogP contribution in [-0.2, 0) is 7.05 Å². The predicted molar refractivity (Wildman–Crippen MR) is 53.9 cm³/mol. The van der Waals surface area contributed by atoms with Crippen molar-refractivity contribution in [2.45, 2.75) is 0 Å². The number of hydrogen-bond donors (Lipinski definition) is 2. The lowest BCUT2D eigenvalue weighted by Gasteiger charge is -2.02. The number of fused-ring (bicyclic) bond motifs is 1. The Morgan fingerprint density at radius 3 is 2.71 bits per heavy atom. The second-order valence-electron chi connectivity index (χ2n) is 3.28. The van der Waals surface area contributed by atoms with Gasteiger partial charge in [0.2, 0.25) is 5.52 Å². The first kappa shape index (κ1) is 8.74. The second kappa shape index (κ2) is 2.83. The molecule has 0 aliphatic heterocycles. The lowest BCUT2D eigenvalue weighted by molar-refractivity contribution is -0.644. The van der Waals surface area contributed by atoms with Crippen molar-refractivity contribution in [1.29, 1.82) is 0 Å². The topological polar surface area (TPSA) is 55.9 Å². The molecule has 0 atom stereocenters. The van der Waals surface area contributed by atoms with E-state index in [9.17, 15) is 4.39 Å². The normalized spacial score (nSPS) is 10.7. The van der Waals surface area contributed by atoms with E-state index in [0.29, 0.717) is 11.1 Å². The van der Waals surface area contributed by atoms with E-state index in [1.165, 1.54) is 6.07 Å². The fraction of sp³-hybridized carbons (Fsp3) is 0.100. The highest BCUT2D eigenvalue weighted by Crippen LogP contribution is 2.22. The van der Waals surface area contributed by atoms with E-state index < -0.39 is 5.82 Å². The molecular formula is C10H11FN3+. The molecule has 0 bridgehead atoms. The monoisotopic (exact) mass is 192 g/mol. The molecule has 0 saturated heterocycles. The zero-order chi connectivity index (χ0) is 10.3. The van der Waals surface area contributed by atoms with Crippen molar-refractivity contribution in [3.05, 3.63) is 30.2 Å². The van der Waals surface area contributed by atoms with Crippen molar-refractivity contribution in [2.75, 3.05) is 11.5 Å². The van der Waals surface area contributed by atoms with Gasteiger partial charge in [0.05, 0.1) is 16.8 Å². The van der Waals surface area contributed by atoms with Gasteiger partial charge >= 0.3 is 0 Å². The number of nitrogens with two attached hydrogens (primary N) is 2. The van der Waals surface area contributed by atoms with E-state index in [-0.39, 0.29) is 5.69 Å². The van der Waals surface area contributed by atoms with Crippen molar-refractivity contribution >= 4 is 22.3 Å². The average molecular weight is 192 g/mol. The molecule has 0 radical (unpaired) electrons. The first-order chi connectivity index (χ1) is 6.59. The SMILES string of the molecule is C[n+]1cc(N)cc2c(N)c(F)ccc21. The van der Waals surface area contributed by atoms with Gasteiger partial charge in [0.1, 0.15) is 12.9 Å². The number of aryl methyl sites for hydroxylation is 1. The molecule has 2 rings (SSSR count). The summed E-state index contributed by atoms with van der Waals surface area (Å²) in [5.74, 6) is -0.414. The van der Waals surface area contributed by atoms with Gasteiger partial charge in [0, 0.05) is 6.07 Å². The Hall–Kier alpha value is -1.84. The first-order valence-electron chi connectivity index (χ1n) is 4.22. The first-order valence-corrected chi connectivity index (χ1v) is 4.22. The van der Waals surface area contributed by atoms with Gasteiger partial charge in [-0.1, -0.05) is 0 Å². The summed E-state index contributed by atoms with van der Waals surface area (Å²) in [6.45, 7) is 0. The number of benzene rings is 1. The van der Waals surface area contributed by atoms with Crippen LogP contribution in [0.4, 0.5) is 15.8 Å². The zero-order valence-electron chi connectivity index (χ0n) is 7.79. The maximum absolute atomic E-state index is 13.1. The maximum Gasteiger partial charge on any atom is 0.214 e. The number of pyridine rings is 1. The molecule has 1 aromatic carbocycles. The Bertz CT molecular complexity index is 508. The molecule has 3 nitrogen and oxygen atoms in total. The van der Waals surface area contributed by atoms with Gasteiger partial charge in [-0.05, 0) is 12.1 Å². The molecule has 4 N–H and O–H groups in total. The number of rotatable bonds is 0. The summed E-state index contributed by atoms with van der Waals surface area (Å²) < 4.78 is 15.0. The van der Waals surface area contributed by atoms with Gasteiger partial charge in [-0.15, -0.1) is 0 Å². The Kier molecular flexibility index (Phi) is 1.77. The van der Waals surface area contributed by atoms with E-state index in [1.54, 1.807) is 18.3 Å². The molecule has 0 fully saturated rings. The molecule has 14 heavy (non-hydrogen) atoms. The highest BCUT2D eigenvalue weighted by molar-refractivity contribution is 5.90. The predicted octanol–water partition coefficient (Wildman–Crippen LogP) is 0.968. The molecule has 0 aliphatic carbocycles. The van der Waals surface area contributed by atoms with Crippen LogP contribution < -0.4 is 16.0 Å². The third kappa shape index (κ3) is 1.16. The smallest absolute Gasteiger partial charge is 0.214 e. The van der Waals surface area contributed by atoms with Crippen LogP contribution in [0.2, 0.25) is 0 Å². The highest BCUT2D eigenvalue weighted by Gasteiger charge is 2.11. The fourth-order valence-electron chi connectivity index (χ4n) is 1.55. The largest absolute Gasteiger partial charge is 0.396 e. The van der Waals surface area contributed by atoms with Gasteiger partial charge in [-0.2, -0.15) is 4.57 Å². The van der Waals surface area contributed by atoms with Crippen molar-refractivity contribution in [2.24, 2.45) is 7.05 Å². The Labute approximate surface area is 80.8 Å². The van der Waals surface area contributed by atoms with E-state index in [0.717, 1.165) is 5.52 Å².